The lowest BCUT2D eigenvalue weighted by molar-refractivity contribution is -0.384. The molecule has 0 aromatic heterocycles. The van der Waals surface area contributed by atoms with Crippen LogP contribution in [-0.4, -0.2) is 19.0 Å². The quantitative estimate of drug-likeness (QED) is 0.669. The lowest BCUT2D eigenvalue weighted by Gasteiger charge is -2.18. The van der Waals surface area contributed by atoms with E-state index in [0.29, 0.717) is 6.54 Å². The molecule has 0 fully saturated rings. The van der Waals surface area contributed by atoms with Crippen molar-refractivity contribution < 1.29 is 4.92 Å². The van der Waals surface area contributed by atoms with Crippen LogP contribution >= 0.6 is 0 Å². The van der Waals surface area contributed by atoms with Gasteiger partial charge in [-0.25, -0.2) is 0 Å². The van der Waals surface area contributed by atoms with Crippen molar-refractivity contribution >= 4 is 17.1 Å². The molecule has 5 heteroatoms. The van der Waals surface area contributed by atoms with Gasteiger partial charge in [-0.15, -0.1) is 0 Å². The molecule has 104 valence electrons. The Bertz CT molecular complexity index is 594. The number of para-hydroxylation sites is 2. The maximum absolute atomic E-state index is 10.6. The molecule has 0 saturated carbocycles. The zero-order valence-corrected chi connectivity index (χ0v) is 11.5. The van der Waals surface area contributed by atoms with Crippen LogP contribution in [0.2, 0.25) is 0 Å². The van der Waals surface area contributed by atoms with Gasteiger partial charge in [0.1, 0.15) is 0 Å². The van der Waals surface area contributed by atoms with Crippen LogP contribution in [0.3, 0.4) is 0 Å². The maximum atomic E-state index is 10.6. The van der Waals surface area contributed by atoms with Crippen LogP contribution in [0.15, 0.2) is 48.5 Å². The third kappa shape index (κ3) is 3.26. The first-order valence-corrected chi connectivity index (χ1v) is 6.31. The van der Waals surface area contributed by atoms with Crippen molar-refractivity contribution in [1.29, 1.82) is 0 Å². The van der Waals surface area contributed by atoms with Crippen LogP contribution in [0.5, 0.6) is 0 Å². The number of benzene rings is 2. The summed E-state index contributed by atoms with van der Waals surface area (Å²) in [4.78, 5) is 12.2. The molecule has 0 spiro atoms. The van der Waals surface area contributed by atoms with Gasteiger partial charge in [0, 0.05) is 32.8 Å². The molecule has 0 aliphatic carbocycles. The molecule has 2 aromatic carbocycles. The number of nitrogens with one attached hydrogen (secondary N) is 1. The van der Waals surface area contributed by atoms with Crippen molar-refractivity contribution in [2.75, 3.05) is 24.3 Å². The molecule has 20 heavy (non-hydrogen) atoms. The normalized spacial score (nSPS) is 10.1. The third-order valence-corrected chi connectivity index (χ3v) is 3.02. The fourth-order valence-corrected chi connectivity index (χ4v) is 1.95. The second-order valence-corrected chi connectivity index (χ2v) is 4.69. The maximum Gasteiger partial charge on any atom is 0.269 e. The Morgan fingerprint density at radius 2 is 1.75 bits per heavy atom. The van der Waals surface area contributed by atoms with E-state index in [4.69, 9.17) is 0 Å². The topological polar surface area (TPSA) is 58.4 Å². The predicted octanol–water partition coefficient (Wildman–Crippen LogP) is 3.27. The highest BCUT2D eigenvalue weighted by molar-refractivity contribution is 5.69. The van der Waals surface area contributed by atoms with Gasteiger partial charge in [-0.2, -0.15) is 0 Å². The van der Waals surface area contributed by atoms with Gasteiger partial charge in [0.25, 0.3) is 5.69 Å². The summed E-state index contributed by atoms with van der Waals surface area (Å²) in [5, 5.41) is 13.9. The molecule has 0 unspecified atom stereocenters. The zero-order chi connectivity index (χ0) is 14.5. The van der Waals surface area contributed by atoms with Crippen LogP contribution in [0, 0.1) is 10.1 Å². The van der Waals surface area contributed by atoms with Gasteiger partial charge >= 0.3 is 0 Å². The zero-order valence-electron chi connectivity index (χ0n) is 11.5. The summed E-state index contributed by atoms with van der Waals surface area (Å²) in [6.45, 7) is 0.628. The van der Waals surface area contributed by atoms with E-state index in [-0.39, 0.29) is 5.69 Å². The van der Waals surface area contributed by atoms with Gasteiger partial charge in [-0.05, 0) is 17.7 Å². The smallest absolute Gasteiger partial charge is 0.269 e. The molecule has 2 aromatic rings. The molecule has 0 aliphatic heterocycles. The van der Waals surface area contributed by atoms with Gasteiger partial charge in [0.2, 0.25) is 0 Å². The highest BCUT2D eigenvalue weighted by Crippen LogP contribution is 2.24. The molecule has 0 atom stereocenters. The largest absolute Gasteiger partial charge is 0.379 e. The van der Waals surface area contributed by atoms with E-state index in [1.54, 1.807) is 12.1 Å². The number of rotatable bonds is 5. The molecule has 0 heterocycles. The molecule has 0 bridgehead atoms. The van der Waals surface area contributed by atoms with Gasteiger partial charge in [0.15, 0.2) is 0 Å². The minimum atomic E-state index is -0.390. The number of nitrogens with zero attached hydrogens (tertiary/aromatic N) is 2. The number of hydrogen-bond acceptors (Lipinski definition) is 4. The number of anilines is 2. The Kier molecular flexibility index (Phi) is 4.20. The van der Waals surface area contributed by atoms with Crippen LogP contribution < -0.4 is 10.2 Å². The van der Waals surface area contributed by atoms with E-state index < -0.39 is 4.92 Å². The Hall–Kier alpha value is -2.56. The summed E-state index contributed by atoms with van der Waals surface area (Å²) in [7, 11) is 3.98. The van der Waals surface area contributed by atoms with Gasteiger partial charge in [-0.1, -0.05) is 24.3 Å². The number of hydrogen-bond donors (Lipinski definition) is 1. The van der Waals surface area contributed by atoms with Crippen molar-refractivity contribution in [2.24, 2.45) is 0 Å². The van der Waals surface area contributed by atoms with E-state index in [2.05, 4.69) is 5.32 Å². The monoisotopic (exact) mass is 271 g/mol. The number of nitro groups is 1. The molecule has 5 nitrogen and oxygen atoms in total. The Labute approximate surface area is 118 Å². The molecule has 0 amide bonds. The molecule has 0 radical (unpaired) electrons. The summed E-state index contributed by atoms with van der Waals surface area (Å²) in [6.07, 6.45) is 0. The molecule has 0 saturated heterocycles. The number of nitro benzene ring substituents is 1. The SMILES string of the molecule is CN(C)c1ccccc1NCc1ccc([N+](=O)[O-])cc1. The van der Waals surface area contributed by atoms with Crippen LogP contribution in [0.25, 0.3) is 0 Å². The summed E-state index contributed by atoms with van der Waals surface area (Å²) >= 11 is 0. The number of non-ortho nitro benzene ring substituents is 1. The lowest BCUT2D eigenvalue weighted by atomic mass is 10.2. The molecule has 2 rings (SSSR count). The fraction of sp³-hybridized carbons (Fsp3) is 0.200. The average Bonchev–Trinajstić information content (AvgIpc) is 2.45. The Morgan fingerprint density at radius 3 is 2.35 bits per heavy atom. The summed E-state index contributed by atoms with van der Waals surface area (Å²) in [6, 6.07) is 14.6. The van der Waals surface area contributed by atoms with Crippen molar-refractivity contribution in [1.82, 2.24) is 0 Å². The van der Waals surface area contributed by atoms with E-state index in [9.17, 15) is 10.1 Å². The van der Waals surface area contributed by atoms with E-state index in [1.165, 1.54) is 12.1 Å². The van der Waals surface area contributed by atoms with Gasteiger partial charge in [-0.3, -0.25) is 10.1 Å². The van der Waals surface area contributed by atoms with Crippen molar-refractivity contribution in [2.45, 2.75) is 6.54 Å². The second kappa shape index (κ2) is 6.06. The van der Waals surface area contributed by atoms with E-state index >= 15 is 0 Å². The standard InChI is InChI=1S/C15H17N3O2/c1-17(2)15-6-4-3-5-14(15)16-11-12-7-9-13(10-8-12)18(19)20/h3-10,16H,11H2,1-2H3. The fourth-order valence-electron chi connectivity index (χ4n) is 1.95. The van der Waals surface area contributed by atoms with Crippen LogP contribution in [0.4, 0.5) is 17.1 Å². The van der Waals surface area contributed by atoms with Crippen LogP contribution in [0.1, 0.15) is 5.56 Å². The van der Waals surface area contributed by atoms with Crippen molar-refractivity contribution in [3.63, 3.8) is 0 Å². The minimum Gasteiger partial charge on any atom is -0.379 e. The van der Waals surface area contributed by atoms with Crippen LogP contribution in [-0.2, 0) is 6.54 Å². The first-order chi connectivity index (χ1) is 9.58. The summed E-state index contributed by atoms with van der Waals surface area (Å²) in [5.74, 6) is 0. The van der Waals surface area contributed by atoms with Crippen molar-refractivity contribution in [3.05, 3.63) is 64.2 Å². The summed E-state index contributed by atoms with van der Waals surface area (Å²) in [5.41, 5.74) is 3.26. The first-order valence-electron chi connectivity index (χ1n) is 6.31. The highest BCUT2D eigenvalue weighted by Gasteiger charge is 2.05. The Balaban J connectivity index is 2.07. The minimum absolute atomic E-state index is 0.113. The Morgan fingerprint density at radius 1 is 1.10 bits per heavy atom. The molecule has 0 aliphatic rings. The highest BCUT2D eigenvalue weighted by atomic mass is 16.6. The predicted molar refractivity (Wildman–Crippen MR) is 81.2 cm³/mol. The molecule has 1 N–H and O–H groups in total. The first kappa shape index (κ1) is 13.9. The average molecular weight is 271 g/mol. The van der Waals surface area contributed by atoms with Gasteiger partial charge < -0.3 is 10.2 Å². The second-order valence-electron chi connectivity index (χ2n) is 4.69. The molecular formula is C15H17N3O2. The summed E-state index contributed by atoms with van der Waals surface area (Å²) < 4.78 is 0. The van der Waals surface area contributed by atoms with Crippen molar-refractivity contribution in [3.8, 4) is 0 Å². The van der Waals surface area contributed by atoms with Gasteiger partial charge in [0.05, 0.1) is 16.3 Å². The van der Waals surface area contributed by atoms with E-state index in [0.717, 1.165) is 16.9 Å². The van der Waals surface area contributed by atoms with E-state index in [1.807, 2.05) is 43.3 Å². The molecular weight excluding hydrogens is 254 g/mol. The third-order valence-electron chi connectivity index (χ3n) is 3.02. The lowest BCUT2D eigenvalue weighted by Crippen LogP contribution is -2.12.